The molecule has 2 N–H and O–H groups in total. The maximum atomic E-state index is 13.0. The van der Waals surface area contributed by atoms with Crippen molar-refractivity contribution in [2.75, 3.05) is 57.3 Å². The molecule has 0 unspecified atom stereocenters. The van der Waals surface area contributed by atoms with Gasteiger partial charge in [0, 0.05) is 62.1 Å². The Kier molecular flexibility index (Phi) is 11.0. The van der Waals surface area contributed by atoms with E-state index in [0.717, 1.165) is 81.3 Å². The van der Waals surface area contributed by atoms with Crippen LogP contribution in [-0.4, -0.2) is 98.1 Å². The van der Waals surface area contributed by atoms with Crippen molar-refractivity contribution in [2.45, 2.75) is 56.5 Å². The fraction of sp³-hybridized carbons (Fsp3) is 0.500. The molecular weight excluding hydrogens is 599 g/mol. The van der Waals surface area contributed by atoms with E-state index in [1.165, 1.54) is 12.5 Å². The van der Waals surface area contributed by atoms with Crippen LogP contribution in [0.25, 0.3) is 0 Å². The van der Waals surface area contributed by atoms with Gasteiger partial charge in [0.05, 0.1) is 30.9 Å². The topological polar surface area (TPSA) is 94.2 Å². The normalized spacial score (nSPS) is 21.2. The predicted octanol–water partition coefficient (Wildman–Crippen LogP) is 4.10. The molecule has 3 fully saturated rings. The molecular formula is C34H42F3N5O4. The zero-order chi connectivity index (χ0) is 32.7. The number of alkyl halides is 3. The summed E-state index contributed by atoms with van der Waals surface area (Å²) in [6.45, 7) is 8.25. The second-order valence-corrected chi connectivity index (χ2v) is 12.2. The summed E-state index contributed by atoms with van der Waals surface area (Å²) in [5.74, 6) is -1.10. The van der Waals surface area contributed by atoms with E-state index in [-0.39, 0.29) is 30.2 Å². The van der Waals surface area contributed by atoms with E-state index in [9.17, 15) is 27.6 Å². The van der Waals surface area contributed by atoms with Gasteiger partial charge in [-0.05, 0) is 74.6 Å². The number of hydrogen-bond donors (Lipinski definition) is 2. The van der Waals surface area contributed by atoms with Crippen LogP contribution in [0.4, 0.5) is 18.9 Å². The van der Waals surface area contributed by atoms with Crippen LogP contribution in [-0.2, 0) is 15.7 Å². The van der Waals surface area contributed by atoms with Gasteiger partial charge in [-0.15, -0.1) is 6.58 Å². The number of anilines is 1. The third-order valence-electron chi connectivity index (χ3n) is 9.03. The third kappa shape index (κ3) is 8.47. The number of ether oxygens (including phenoxy) is 1. The maximum Gasteiger partial charge on any atom is 0.416 e. The van der Waals surface area contributed by atoms with Crippen LogP contribution < -0.4 is 15.5 Å². The first-order chi connectivity index (χ1) is 22.1. The molecule has 5 rings (SSSR count). The SMILES string of the molecule is C=CCO[C@@H]1CN(C2CCN(c3ccc(C(=O)N4CCCCC4)cc3)CC2)C[C@H]1NC(=O)CNC(=O)c1cccc(C(F)(F)F)c1. The van der Waals surface area contributed by atoms with Crippen LogP contribution in [0.1, 0.15) is 58.4 Å². The molecule has 248 valence electrons. The number of benzene rings is 2. The van der Waals surface area contributed by atoms with Gasteiger partial charge in [0.25, 0.3) is 11.8 Å². The summed E-state index contributed by atoms with van der Waals surface area (Å²) in [4.78, 5) is 44.7. The van der Waals surface area contributed by atoms with Crippen molar-refractivity contribution in [2.24, 2.45) is 0 Å². The van der Waals surface area contributed by atoms with Crippen LogP contribution in [0.5, 0.6) is 0 Å². The van der Waals surface area contributed by atoms with Crippen LogP contribution in [0, 0.1) is 0 Å². The predicted molar refractivity (Wildman–Crippen MR) is 169 cm³/mol. The first-order valence-electron chi connectivity index (χ1n) is 16.0. The molecule has 3 aliphatic rings. The van der Waals surface area contributed by atoms with E-state index in [0.29, 0.717) is 25.7 Å². The molecule has 2 aromatic rings. The summed E-state index contributed by atoms with van der Waals surface area (Å²) in [6.07, 6.45) is 1.97. The van der Waals surface area contributed by atoms with Crippen LogP contribution in [0.3, 0.4) is 0 Å². The van der Waals surface area contributed by atoms with Crippen LogP contribution in [0.15, 0.2) is 61.2 Å². The molecule has 9 nitrogen and oxygen atoms in total. The van der Waals surface area contributed by atoms with Crippen LogP contribution in [0.2, 0.25) is 0 Å². The van der Waals surface area contributed by atoms with Gasteiger partial charge in [0.2, 0.25) is 5.91 Å². The van der Waals surface area contributed by atoms with Gasteiger partial charge in [0.15, 0.2) is 0 Å². The lowest BCUT2D eigenvalue weighted by Crippen LogP contribution is -2.48. The number of piperidine rings is 2. The van der Waals surface area contributed by atoms with Crippen molar-refractivity contribution in [3.63, 3.8) is 0 Å². The lowest BCUT2D eigenvalue weighted by atomic mass is 10.0. The van der Waals surface area contributed by atoms with E-state index in [2.05, 4.69) is 27.0 Å². The number of likely N-dealkylation sites (tertiary alicyclic amines) is 2. The van der Waals surface area contributed by atoms with Crippen LogP contribution >= 0.6 is 0 Å². The highest BCUT2D eigenvalue weighted by Crippen LogP contribution is 2.30. The zero-order valence-electron chi connectivity index (χ0n) is 25.9. The summed E-state index contributed by atoms with van der Waals surface area (Å²) in [7, 11) is 0. The Labute approximate surface area is 267 Å². The van der Waals surface area contributed by atoms with E-state index in [1.807, 2.05) is 29.2 Å². The Morgan fingerprint density at radius 2 is 1.65 bits per heavy atom. The average molecular weight is 642 g/mol. The smallest absolute Gasteiger partial charge is 0.371 e. The van der Waals surface area contributed by atoms with Crippen molar-refractivity contribution >= 4 is 23.4 Å². The summed E-state index contributed by atoms with van der Waals surface area (Å²) in [5.41, 5.74) is 0.725. The number of halogens is 3. The van der Waals surface area contributed by atoms with Crippen molar-refractivity contribution in [1.29, 1.82) is 0 Å². The minimum atomic E-state index is -4.57. The van der Waals surface area contributed by atoms with Crippen molar-refractivity contribution < 1.29 is 32.3 Å². The summed E-state index contributed by atoms with van der Waals surface area (Å²) >= 11 is 0. The first kappa shape index (κ1) is 33.5. The molecule has 0 radical (unpaired) electrons. The van der Waals surface area contributed by atoms with E-state index in [1.54, 1.807) is 6.08 Å². The Morgan fingerprint density at radius 1 is 0.935 bits per heavy atom. The minimum absolute atomic E-state index is 0.104. The molecule has 12 heteroatoms. The summed E-state index contributed by atoms with van der Waals surface area (Å²) in [5, 5.41) is 5.36. The molecule has 0 aromatic heterocycles. The number of hydrogen-bond acceptors (Lipinski definition) is 6. The largest absolute Gasteiger partial charge is 0.416 e. The highest BCUT2D eigenvalue weighted by Gasteiger charge is 2.38. The monoisotopic (exact) mass is 641 g/mol. The quantitative estimate of drug-likeness (QED) is 0.380. The lowest BCUT2D eigenvalue weighted by molar-refractivity contribution is -0.137. The van der Waals surface area contributed by atoms with Gasteiger partial charge in [-0.25, -0.2) is 0 Å². The first-order valence-corrected chi connectivity index (χ1v) is 16.0. The second kappa shape index (κ2) is 15.1. The molecule has 2 atom stereocenters. The van der Waals surface area contributed by atoms with Gasteiger partial charge < -0.3 is 25.2 Å². The molecule has 3 saturated heterocycles. The zero-order valence-corrected chi connectivity index (χ0v) is 25.9. The molecule has 3 amide bonds. The van der Waals surface area contributed by atoms with E-state index < -0.39 is 23.6 Å². The number of amides is 3. The number of rotatable bonds is 10. The third-order valence-corrected chi connectivity index (χ3v) is 9.03. The molecule has 2 aromatic carbocycles. The fourth-order valence-corrected chi connectivity index (χ4v) is 6.54. The van der Waals surface area contributed by atoms with Gasteiger partial charge in [-0.3, -0.25) is 19.3 Å². The highest BCUT2D eigenvalue weighted by molar-refractivity contribution is 5.96. The Morgan fingerprint density at radius 3 is 2.33 bits per heavy atom. The molecule has 3 heterocycles. The van der Waals surface area contributed by atoms with Gasteiger partial charge >= 0.3 is 6.18 Å². The fourth-order valence-electron chi connectivity index (χ4n) is 6.54. The van der Waals surface area contributed by atoms with Crippen molar-refractivity contribution in [1.82, 2.24) is 20.4 Å². The highest BCUT2D eigenvalue weighted by atomic mass is 19.4. The molecule has 0 aliphatic carbocycles. The summed E-state index contributed by atoms with van der Waals surface area (Å²) < 4.78 is 45.0. The molecule has 0 spiro atoms. The van der Waals surface area contributed by atoms with Gasteiger partial charge in [-0.1, -0.05) is 12.1 Å². The van der Waals surface area contributed by atoms with Crippen molar-refractivity contribution in [3.8, 4) is 0 Å². The number of carbonyl (C=O) groups excluding carboxylic acids is 3. The second-order valence-electron chi connectivity index (χ2n) is 12.2. The summed E-state index contributed by atoms with van der Waals surface area (Å²) in [6, 6.07) is 12.0. The molecule has 0 bridgehead atoms. The Balaban J connectivity index is 1.11. The Bertz CT molecular complexity index is 1370. The van der Waals surface area contributed by atoms with Gasteiger partial charge in [-0.2, -0.15) is 13.2 Å². The van der Waals surface area contributed by atoms with Gasteiger partial charge in [0.1, 0.15) is 0 Å². The average Bonchev–Trinajstić information content (AvgIpc) is 3.48. The molecule has 3 aliphatic heterocycles. The number of carbonyl (C=O) groups is 3. The number of nitrogens with one attached hydrogen (secondary N) is 2. The molecule has 0 saturated carbocycles. The minimum Gasteiger partial charge on any atom is -0.371 e. The van der Waals surface area contributed by atoms with E-state index in [4.69, 9.17) is 4.74 Å². The number of nitrogens with zero attached hydrogens (tertiary/aromatic N) is 3. The van der Waals surface area contributed by atoms with Crippen molar-refractivity contribution in [3.05, 3.63) is 77.9 Å². The van der Waals surface area contributed by atoms with E-state index >= 15 is 0 Å². The molecule has 46 heavy (non-hydrogen) atoms. The maximum absolute atomic E-state index is 13.0. The Hall–Kier alpha value is -3.90. The standard InChI is InChI=1S/C34H42F3N5O4/c1-2-19-46-30-23-42(22-29(30)39-31(43)21-38-32(44)25-7-6-8-26(20-25)34(35,36)37)28-13-17-40(18-14-28)27-11-9-24(10-12-27)33(45)41-15-4-3-5-16-41/h2,6-12,20,28-30H,1,3-5,13-19,21-23H2,(H,38,44)(H,39,43)/t29-,30-/m1/s1. The lowest BCUT2D eigenvalue weighted by Gasteiger charge is -2.38.